The molecule has 0 amide bonds. The van der Waals surface area contributed by atoms with Crippen molar-refractivity contribution in [1.82, 2.24) is 0 Å². The van der Waals surface area contributed by atoms with Gasteiger partial charge in [0.25, 0.3) is 0 Å². The minimum absolute atomic E-state index is 0.00744. The van der Waals surface area contributed by atoms with Gasteiger partial charge in [0.05, 0.1) is 24.9 Å². The molecule has 5 fully saturated rings. The van der Waals surface area contributed by atoms with Gasteiger partial charge in [0.1, 0.15) is 0 Å². The number of aliphatic hydroxyl groups excluding tert-OH is 4. The predicted molar refractivity (Wildman–Crippen MR) is 130 cm³/mol. The Balaban J connectivity index is 1.42. The van der Waals surface area contributed by atoms with Crippen LogP contribution in [0.4, 0.5) is 0 Å². The van der Waals surface area contributed by atoms with Crippen molar-refractivity contribution in [2.75, 3.05) is 6.61 Å². The van der Waals surface area contributed by atoms with Crippen molar-refractivity contribution in [3.8, 4) is 0 Å². The second kappa shape index (κ2) is 6.89. The third kappa shape index (κ3) is 2.54. The van der Waals surface area contributed by atoms with Crippen molar-refractivity contribution in [3.63, 3.8) is 0 Å². The first-order valence-corrected chi connectivity index (χ1v) is 13.8. The van der Waals surface area contributed by atoms with Gasteiger partial charge in [0.15, 0.2) is 6.29 Å². The van der Waals surface area contributed by atoms with Crippen LogP contribution >= 0.6 is 0 Å². The summed E-state index contributed by atoms with van der Waals surface area (Å²) in [6, 6.07) is 0. The zero-order chi connectivity index (χ0) is 24.5. The standard InChI is InChI=1S/C29H46O5/c1-24-10-12-29(15-24)13-11-27(4)17(22(29)34-23(24)33)6-7-20-25(2)14-18(31)21(32)26(3,16-30)19(25)8-9-28(20,27)5/h6,18-23,30-33H,7-16H2,1-5H3. The Morgan fingerprint density at radius 2 is 1.65 bits per heavy atom. The average molecular weight is 475 g/mol. The molecule has 6 aliphatic rings. The predicted octanol–water partition coefficient (Wildman–Crippen LogP) is 4.17. The summed E-state index contributed by atoms with van der Waals surface area (Å²) >= 11 is 0. The van der Waals surface area contributed by atoms with Gasteiger partial charge in [-0.25, -0.2) is 0 Å². The zero-order valence-corrected chi connectivity index (χ0v) is 21.8. The molecule has 5 aliphatic carbocycles. The number of hydrogen-bond donors (Lipinski definition) is 4. The van der Waals surface area contributed by atoms with Crippen LogP contribution in [0.3, 0.4) is 0 Å². The molecule has 4 saturated carbocycles. The van der Waals surface area contributed by atoms with E-state index < -0.39 is 23.9 Å². The highest BCUT2D eigenvalue weighted by atomic mass is 16.6. The molecule has 5 nitrogen and oxygen atoms in total. The Kier molecular flexibility index (Phi) is 4.85. The molecule has 1 aliphatic heterocycles. The van der Waals surface area contributed by atoms with E-state index in [-0.39, 0.29) is 45.7 Å². The molecule has 1 heterocycles. The van der Waals surface area contributed by atoms with Crippen molar-refractivity contribution in [2.24, 2.45) is 44.3 Å². The fourth-order valence-electron chi connectivity index (χ4n) is 11.1. The summed E-state index contributed by atoms with van der Waals surface area (Å²) < 4.78 is 6.52. The highest BCUT2D eigenvalue weighted by Gasteiger charge is 2.71. The summed E-state index contributed by atoms with van der Waals surface area (Å²) in [5.74, 6) is 0.551. The van der Waals surface area contributed by atoms with Crippen LogP contribution < -0.4 is 0 Å². The maximum atomic E-state index is 11.0. The molecule has 1 spiro atoms. The van der Waals surface area contributed by atoms with Gasteiger partial charge in [0.2, 0.25) is 0 Å². The third-order valence-electron chi connectivity index (χ3n) is 13.4. The molecule has 192 valence electrons. The number of rotatable bonds is 1. The van der Waals surface area contributed by atoms with E-state index in [2.05, 4.69) is 33.8 Å². The minimum atomic E-state index is -0.881. The molecule has 1 saturated heterocycles. The Hall–Kier alpha value is -0.460. The molecule has 12 unspecified atom stereocenters. The molecule has 0 aromatic rings. The smallest absolute Gasteiger partial charge is 0.160 e. The van der Waals surface area contributed by atoms with Gasteiger partial charge in [-0.2, -0.15) is 0 Å². The van der Waals surface area contributed by atoms with E-state index in [0.29, 0.717) is 12.3 Å². The van der Waals surface area contributed by atoms with Crippen molar-refractivity contribution in [3.05, 3.63) is 11.6 Å². The van der Waals surface area contributed by atoms with E-state index in [4.69, 9.17) is 4.74 Å². The first-order chi connectivity index (χ1) is 15.8. The van der Waals surface area contributed by atoms with E-state index in [1.807, 2.05) is 6.92 Å². The molecule has 2 bridgehead atoms. The van der Waals surface area contributed by atoms with E-state index in [0.717, 1.165) is 51.4 Å². The molecule has 4 N–H and O–H groups in total. The first kappa shape index (κ1) is 23.9. The highest BCUT2D eigenvalue weighted by Crippen LogP contribution is 2.76. The average Bonchev–Trinajstić information content (AvgIpc) is 3.09. The van der Waals surface area contributed by atoms with Gasteiger partial charge in [-0.15, -0.1) is 0 Å². The van der Waals surface area contributed by atoms with Crippen molar-refractivity contribution in [1.29, 1.82) is 0 Å². The largest absolute Gasteiger partial charge is 0.396 e. The van der Waals surface area contributed by atoms with E-state index >= 15 is 0 Å². The molecule has 12 atom stereocenters. The van der Waals surface area contributed by atoms with Crippen LogP contribution in [0.1, 0.15) is 92.4 Å². The minimum Gasteiger partial charge on any atom is -0.396 e. The summed E-state index contributed by atoms with van der Waals surface area (Å²) in [5, 5.41) is 43.3. The number of fused-ring (bicyclic) bond motifs is 7. The Morgan fingerprint density at radius 1 is 0.941 bits per heavy atom. The summed E-state index contributed by atoms with van der Waals surface area (Å²) in [6.07, 6.45) is 9.25. The molecule has 0 aromatic carbocycles. The van der Waals surface area contributed by atoms with Crippen LogP contribution in [0.5, 0.6) is 0 Å². The summed E-state index contributed by atoms with van der Waals surface area (Å²) in [4.78, 5) is 0. The van der Waals surface area contributed by atoms with Crippen LogP contribution in [-0.4, -0.2) is 51.6 Å². The molecular weight excluding hydrogens is 428 g/mol. The molecule has 5 heteroatoms. The lowest BCUT2D eigenvalue weighted by molar-refractivity contribution is -0.267. The lowest BCUT2D eigenvalue weighted by atomic mass is 9.34. The fraction of sp³-hybridized carbons (Fsp3) is 0.931. The Bertz CT molecular complexity index is 918. The van der Waals surface area contributed by atoms with Crippen LogP contribution in [0.25, 0.3) is 0 Å². The highest BCUT2D eigenvalue weighted by molar-refractivity contribution is 5.35. The first-order valence-electron chi connectivity index (χ1n) is 13.8. The van der Waals surface area contributed by atoms with Crippen LogP contribution in [0.15, 0.2) is 11.6 Å². The maximum absolute atomic E-state index is 11.0. The van der Waals surface area contributed by atoms with Crippen LogP contribution in [-0.2, 0) is 4.74 Å². The molecule has 0 aromatic heterocycles. The zero-order valence-electron chi connectivity index (χ0n) is 21.8. The lowest BCUT2D eigenvalue weighted by Gasteiger charge is -2.71. The van der Waals surface area contributed by atoms with Crippen molar-refractivity contribution < 1.29 is 25.2 Å². The molecule has 34 heavy (non-hydrogen) atoms. The second-order valence-corrected chi connectivity index (χ2v) is 14.7. The normalized spacial score (nSPS) is 62.7. The number of ether oxygens (including phenoxy) is 1. The third-order valence-corrected chi connectivity index (χ3v) is 13.4. The van der Waals surface area contributed by atoms with Gasteiger partial charge >= 0.3 is 0 Å². The van der Waals surface area contributed by atoms with Gasteiger partial charge in [0, 0.05) is 16.2 Å². The Morgan fingerprint density at radius 3 is 2.35 bits per heavy atom. The quantitative estimate of drug-likeness (QED) is 0.428. The van der Waals surface area contributed by atoms with Crippen molar-refractivity contribution in [2.45, 2.75) is 117 Å². The molecular formula is C29H46O5. The van der Waals surface area contributed by atoms with Crippen LogP contribution in [0, 0.1) is 44.3 Å². The SMILES string of the molecule is CC12CCC3(CCC4(C)C(=CCC5C6(C)CC(O)C(O)C(C)(CO)C6CCC54C)C3OC1O)C2. The van der Waals surface area contributed by atoms with Gasteiger partial charge in [-0.3, -0.25) is 0 Å². The topological polar surface area (TPSA) is 90.2 Å². The molecule has 0 radical (unpaired) electrons. The van der Waals surface area contributed by atoms with E-state index in [1.165, 1.54) is 5.57 Å². The second-order valence-electron chi connectivity index (χ2n) is 14.7. The monoisotopic (exact) mass is 474 g/mol. The van der Waals surface area contributed by atoms with E-state index in [9.17, 15) is 20.4 Å². The summed E-state index contributed by atoms with van der Waals surface area (Å²) in [6.45, 7) is 11.4. The van der Waals surface area contributed by atoms with Gasteiger partial charge < -0.3 is 25.2 Å². The molecule has 6 rings (SSSR count). The van der Waals surface area contributed by atoms with E-state index in [1.54, 1.807) is 0 Å². The number of hydrogen-bond acceptors (Lipinski definition) is 5. The van der Waals surface area contributed by atoms with Crippen molar-refractivity contribution >= 4 is 0 Å². The number of aliphatic hydroxyl groups is 4. The van der Waals surface area contributed by atoms with Gasteiger partial charge in [-0.1, -0.05) is 40.7 Å². The summed E-state index contributed by atoms with van der Waals surface area (Å²) in [7, 11) is 0. The Labute approximate surface area is 205 Å². The lowest BCUT2D eigenvalue weighted by Crippen LogP contribution is -2.68. The maximum Gasteiger partial charge on any atom is 0.160 e. The van der Waals surface area contributed by atoms with Crippen LogP contribution in [0.2, 0.25) is 0 Å². The fourth-order valence-corrected chi connectivity index (χ4v) is 11.1. The van der Waals surface area contributed by atoms with Gasteiger partial charge in [-0.05, 0) is 91.4 Å². The number of allylic oxidation sites excluding steroid dienone is 1. The summed E-state index contributed by atoms with van der Waals surface area (Å²) in [5.41, 5.74) is 0.712.